The summed E-state index contributed by atoms with van der Waals surface area (Å²) in [5.74, 6) is -0.366. The van der Waals surface area contributed by atoms with Crippen molar-refractivity contribution >= 4 is 11.9 Å². The van der Waals surface area contributed by atoms with Crippen molar-refractivity contribution in [2.75, 3.05) is 27.2 Å². The third-order valence-corrected chi connectivity index (χ3v) is 6.73. The zero-order valence-corrected chi connectivity index (χ0v) is 23.2. The fraction of sp³-hybridized carbons (Fsp3) is 0.931. The molecule has 2 atom stereocenters. The Bertz CT molecular complexity index is 525. The Hall–Kier alpha value is -1.14. The minimum Gasteiger partial charge on any atom is -0.463 e. The predicted molar refractivity (Wildman–Crippen MR) is 142 cm³/mol. The summed E-state index contributed by atoms with van der Waals surface area (Å²) in [7, 11) is 3.97. The third-order valence-electron chi connectivity index (χ3n) is 6.73. The number of carbonyl (C=O) groups is 2. The van der Waals surface area contributed by atoms with Gasteiger partial charge in [-0.2, -0.15) is 0 Å². The summed E-state index contributed by atoms with van der Waals surface area (Å²) in [5, 5.41) is 0. The molecule has 1 rings (SSSR count). The number of hydrogen-bond acceptors (Lipinski definition) is 6. The van der Waals surface area contributed by atoms with Gasteiger partial charge in [-0.3, -0.25) is 9.59 Å². The summed E-state index contributed by atoms with van der Waals surface area (Å²) in [5.41, 5.74) is 0. The van der Waals surface area contributed by atoms with Crippen LogP contribution in [0.4, 0.5) is 0 Å². The molecule has 0 bridgehead atoms. The molecule has 0 amide bonds. The summed E-state index contributed by atoms with van der Waals surface area (Å²) < 4.78 is 16.5. The zero-order chi connectivity index (χ0) is 25.6. The van der Waals surface area contributed by atoms with Crippen LogP contribution in [-0.4, -0.2) is 56.5 Å². The van der Waals surface area contributed by atoms with E-state index in [0.29, 0.717) is 19.3 Å². The molecule has 1 fully saturated rings. The fourth-order valence-corrected chi connectivity index (χ4v) is 4.53. The van der Waals surface area contributed by atoms with Crippen molar-refractivity contribution in [2.45, 2.75) is 148 Å². The summed E-state index contributed by atoms with van der Waals surface area (Å²) in [6, 6.07) is 0. The molecule has 1 aliphatic heterocycles. The molecule has 6 nitrogen and oxygen atoms in total. The number of ether oxygens (including phenoxy) is 3. The maximum absolute atomic E-state index is 12.1. The Labute approximate surface area is 215 Å². The lowest BCUT2D eigenvalue weighted by Gasteiger charge is -2.15. The number of nitrogens with zero attached hydrogens (tertiary/aromatic N) is 1. The van der Waals surface area contributed by atoms with Gasteiger partial charge >= 0.3 is 11.9 Å². The first kappa shape index (κ1) is 31.9. The zero-order valence-electron chi connectivity index (χ0n) is 23.2. The van der Waals surface area contributed by atoms with Gasteiger partial charge in [0.2, 0.25) is 6.29 Å². The van der Waals surface area contributed by atoms with Crippen LogP contribution in [0.2, 0.25) is 0 Å². The van der Waals surface area contributed by atoms with Crippen molar-refractivity contribution in [3.05, 3.63) is 0 Å². The molecule has 0 unspecified atom stereocenters. The molecule has 206 valence electrons. The Kier molecular flexibility index (Phi) is 20.1. The average molecular weight is 498 g/mol. The monoisotopic (exact) mass is 497 g/mol. The summed E-state index contributed by atoms with van der Waals surface area (Å²) in [6.45, 7) is 3.38. The van der Waals surface area contributed by atoms with E-state index in [1.54, 1.807) is 0 Å². The number of carbonyl (C=O) groups excluding carboxylic acids is 2. The van der Waals surface area contributed by atoms with E-state index in [0.717, 1.165) is 32.2 Å². The van der Waals surface area contributed by atoms with E-state index in [1.165, 1.54) is 83.5 Å². The normalized spacial score (nSPS) is 17.7. The van der Waals surface area contributed by atoms with Gasteiger partial charge in [0.15, 0.2) is 0 Å². The van der Waals surface area contributed by atoms with E-state index in [-0.39, 0.29) is 24.6 Å². The van der Waals surface area contributed by atoms with Crippen LogP contribution in [-0.2, 0) is 23.8 Å². The minimum absolute atomic E-state index is 0.170. The summed E-state index contributed by atoms with van der Waals surface area (Å²) in [4.78, 5) is 25.9. The number of rotatable bonds is 23. The Morgan fingerprint density at radius 3 is 1.77 bits per heavy atom. The van der Waals surface area contributed by atoms with Crippen molar-refractivity contribution in [3.63, 3.8) is 0 Å². The number of unbranched alkanes of at least 4 members (excludes halogenated alkanes) is 14. The first-order valence-corrected chi connectivity index (χ1v) is 14.7. The van der Waals surface area contributed by atoms with Crippen molar-refractivity contribution < 1.29 is 23.8 Å². The van der Waals surface area contributed by atoms with Gasteiger partial charge in [0.1, 0.15) is 6.61 Å². The molecule has 0 spiro atoms. The van der Waals surface area contributed by atoms with Gasteiger partial charge in [-0.1, -0.05) is 96.8 Å². The highest BCUT2D eigenvalue weighted by atomic mass is 16.7. The molecule has 0 aromatic heterocycles. The van der Waals surface area contributed by atoms with Gasteiger partial charge in [-0.25, -0.2) is 0 Å². The molecule has 1 saturated heterocycles. The van der Waals surface area contributed by atoms with E-state index in [2.05, 4.69) is 6.92 Å². The second-order valence-electron chi connectivity index (χ2n) is 10.5. The Morgan fingerprint density at radius 1 is 0.714 bits per heavy atom. The molecule has 0 aromatic carbocycles. The lowest BCUT2D eigenvalue weighted by atomic mass is 10.0. The summed E-state index contributed by atoms with van der Waals surface area (Å²) >= 11 is 0. The third kappa shape index (κ3) is 19.7. The van der Waals surface area contributed by atoms with Gasteiger partial charge in [0.25, 0.3) is 0 Å². The number of esters is 2. The predicted octanol–water partition coefficient (Wildman–Crippen LogP) is 7.18. The first-order chi connectivity index (χ1) is 17.0. The van der Waals surface area contributed by atoms with Crippen LogP contribution < -0.4 is 0 Å². The van der Waals surface area contributed by atoms with Crippen LogP contribution in [0, 0.1) is 0 Å². The van der Waals surface area contributed by atoms with E-state index in [4.69, 9.17) is 14.2 Å². The Balaban J connectivity index is 1.88. The van der Waals surface area contributed by atoms with E-state index in [1.807, 2.05) is 19.0 Å². The van der Waals surface area contributed by atoms with Crippen LogP contribution in [0.1, 0.15) is 135 Å². The highest BCUT2D eigenvalue weighted by Crippen LogP contribution is 2.22. The second-order valence-corrected chi connectivity index (χ2v) is 10.5. The van der Waals surface area contributed by atoms with Gasteiger partial charge in [0, 0.05) is 19.3 Å². The van der Waals surface area contributed by atoms with E-state index >= 15 is 0 Å². The highest BCUT2D eigenvalue weighted by Gasteiger charge is 2.29. The maximum Gasteiger partial charge on any atom is 0.308 e. The van der Waals surface area contributed by atoms with Gasteiger partial charge in [-0.05, 0) is 39.9 Å². The van der Waals surface area contributed by atoms with Gasteiger partial charge < -0.3 is 19.1 Å². The molecule has 0 radical (unpaired) electrons. The largest absolute Gasteiger partial charge is 0.463 e. The lowest BCUT2D eigenvalue weighted by Crippen LogP contribution is -2.23. The van der Waals surface area contributed by atoms with E-state index < -0.39 is 6.29 Å². The van der Waals surface area contributed by atoms with Crippen molar-refractivity contribution in [2.24, 2.45) is 0 Å². The van der Waals surface area contributed by atoms with Crippen molar-refractivity contribution in [3.8, 4) is 0 Å². The molecule has 0 aliphatic carbocycles. The maximum atomic E-state index is 12.1. The van der Waals surface area contributed by atoms with Crippen LogP contribution in [0.25, 0.3) is 0 Å². The molecule has 1 heterocycles. The van der Waals surface area contributed by atoms with Crippen molar-refractivity contribution in [1.29, 1.82) is 0 Å². The molecular weight excluding hydrogens is 442 g/mol. The van der Waals surface area contributed by atoms with Crippen LogP contribution >= 0.6 is 0 Å². The van der Waals surface area contributed by atoms with Gasteiger partial charge in [0.05, 0.1) is 6.10 Å². The van der Waals surface area contributed by atoms with Crippen LogP contribution in [0.15, 0.2) is 0 Å². The fourth-order valence-electron chi connectivity index (χ4n) is 4.53. The second kappa shape index (κ2) is 22.1. The smallest absolute Gasteiger partial charge is 0.308 e. The molecule has 0 N–H and O–H groups in total. The van der Waals surface area contributed by atoms with Gasteiger partial charge in [-0.15, -0.1) is 0 Å². The molecular formula is C29H55NO5. The molecule has 0 saturated carbocycles. The quantitative estimate of drug-likeness (QED) is 0.110. The summed E-state index contributed by atoms with van der Waals surface area (Å²) in [6.07, 6.45) is 22.1. The van der Waals surface area contributed by atoms with Crippen molar-refractivity contribution in [1.82, 2.24) is 4.90 Å². The topological polar surface area (TPSA) is 65.1 Å². The SMILES string of the molecule is CCCCCCCCCCCCCCCCCC(=O)O[C@H]1CC[C@@H](COC(=O)CCCN(C)C)O1. The highest BCUT2D eigenvalue weighted by molar-refractivity contribution is 5.69. The van der Waals surface area contributed by atoms with Crippen LogP contribution in [0.3, 0.4) is 0 Å². The molecule has 35 heavy (non-hydrogen) atoms. The Morgan fingerprint density at radius 2 is 1.23 bits per heavy atom. The number of hydrogen-bond donors (Lipinski definition) is 0. The molecule has 1 aliphatic rings. The lowest BCUT2D eigenvalue weighted by molar-refractivity contribution is -0.180. The van der Waals surface area contributed by atoms with Crippen LogP contribution in [0.5, 0.6) is 0 Å². The van der Waals surface area contributed by atoms with E-state index in [9.17, 15) is 9.59 Å². The average Bonchev–Trinajstić information content (AvgIpc) is 3.27. The first-order valence-electron chi connectivity index (χ1n) is 14.7. The standard InChI is InChI=1S/C29H55NO5/c1-4-5-6-7-8-9-10-11-12-13-14-15-16-17-18-20-28(32)35-29-23-22-26(34-29)25-33-27(31)21-19-24-30(2)3/h26,29H,4-25H2,1-3H3/t26-,29-/m0/s1. The molecule has 0 aromatic rings. The molecule has 6 heteroatoms. The minimum atomic E-state index is -0.490.